The van der Waals surface area contributed by atoms with Crippen LogP contribution < -0.4 is 4.74 Å². The van der Waals surface area contributed by atoms with E-state index in [0.717, 1.165) is 24.0 Å². The van der Waals surface area contributed by atoms with Crippen LogP contribution in [0.4, 0.5) is 0 Å². The van der Waals surface area contributed by atoms with Gasteiger partial charge in [-0.05, 0) is 54.2 Å². The first-order valence-corrected chi connectivity index (χ1v) is 9.10. The van der Waals surface area contributed by atoms with Gasteiger partial charge < -0.3 is 9.84 Å². The van der Waals surface area contributed by atoms with E-state index in [-0.39, 0.29) is 23.1 Å². The van der Waals surface area contributed by atoms with Crippen molar-refractivity contribution in [3.8, 4) is 11.5 Å². The first-order valence-electron chi connectivity index (χ1n) is 9.10. The van der Waals surface area contributed by atoms with E-state index in [0.29, 0.717) is 11.3 Å². The number of hydrogen-bond acceptors (Lipinski definition) is 3. The third kappa shape index (κ3) is 4.34. The van der Waals surface area contributed by atoms with E-state index in [9.17, 15) is 9.90 Å². The third-order valence-corrected chi connectivity index (χ3v) is 5.12. The number of carbonyl (C=O) groups is 1. The molecule has 0 saturated heterocycles. The maximum Gasteiger partial charge on any atom is 0.339 e. The van der Waals surface area contributed by atoms with Crippen molar-refractivity contribution in [1.82, 2.24) is 0 Å². The lowest BCUT2D eigenvalue weighted by molar-refractivity contribution is -0.130. The zero-order valence-electron chi connectivity index (χ0n) is 16.1. The Hall–Kier alpha value is -2.55. The maximum atomic E-state index is 12.3. The molecule has 2 aromatic carbocycles. The number of esters is 1. The molecule has 0 heterocycles. The SMILES string of the molecule is C=C(C(=O)Oc1ccc(C(C)(C)c2ccc(O)cc2)cc1)C(CC)CC. The van der Waals surface area contributed by atoms with Crippen LogP contribution in [-0.2, 0) is 10.2 Å². The topological polar surface area (TPSA) is 46.5 Å². The minimum atomic E-state index is -0.357. The molecule has 0 saturated carbocycles. The molecule has 0 spiro atoms. The second-order valence-electron chi connectivity index (χ2n) is 7.12. The van der Waals surface area contributed by atoms with Gasteiger partial charge in [-0.2, -0.15) is 0 Å². The maximum absolute atomic E-state index is 12.3. The molecule has 0 aromatic heterocycles. The molecule has 2 rings (SSSR count). The Labute approximate surface area is 156 Å². The van der Waals surface area contributed by atoms with E-state index < -0.39 is 0 Å². The van der Waals surface area contributed by atoms with Crippen molar-refractivity contribution in [3.63, 3.8) is 0 Å². The fourth-order valence-corrected chi connectivity index (χ4v) is 3.11. The quantitative estimate of drug-likeness (QED) is 0.400. The Kier molecular flexibility index (Phi) is 6.25. The van der Waals surface area contributed by atoms with Gasteiger partial charge in [0, 0.05) is 11.0 Å². The minimum Gasteiger partial charge on any atom is -0.508 e. The first kappa shape index (κ1) is 19.8. The third-order valence-electron chi connectivity index (χ3n) is 5.12. The van der Waals surface area contributed by atoms with Gasteiger partial charge in [0.1, 0.15) is 11.5 Å². The predicted molar refractivity (Wildman–Crippen MR) is 106 cm³/mol. The van der Waals surface area contributed by atoms with Crippen LogP contribution in [0.1, 0.15) is 51.7 Å². The highest BCUT2D eigenvalue weighted by Crippen LogP contribution is 2.33. The van der Waals surface area contributed by atoms with Crippen LogP contribution in [0.2, 0.25) is 0 Å². The second kappa shape index (κ2) is 8.22. The van der Waals surface area contributed by atoms with Gasteiger partial charge in [-0.3, -0.25) is 0 Å². The second-order valence-corrected chi connectivity index (χ2v) is 7.12. The number of benzene rings is 2. The Morgan fingerprint density at radius 1 is 1.00 bits per heavy atom. The standard InChI is InChI=1S/C23H28O3/c1-6-17(7-2)16(3)22(25)26-21-14-10-19(11-15-21)23(4,5)18-8-12-20(24)13-9-18/h8-15,17,24H,3,6-7H2,1-2,4-5H3. The number of ether oxygens (including phenoxy) is 1. The summed E-state index contributed by atoms with van der Waals surface area (Å²) in [6.45, 7) is 12.2. The van der Waals surface area contributed by atoms with Crippen molar-refractivity contribution in [3.05, 3.63) is 71.8 Å². The Morgan fingerprint density at radius 3 is 1.92 bits per heavy atom. The molecular weight excluding hydrogens is 324 g/mol. The average molecular weight is 352 g/mol. The number of phenols is 1. The number of aromatic hydroxyl groups is 1. The number of hydrogen-bond donors (Lipinski definition) is 1. The first-order chi connectivity index (χ1) is 12.3. The van der Waals surface area contributed by atoms with E-state index in [1.807, 2.05) is 50.2 Å². The molecule has 0 atom stereocenters. The molecule has 0 aliphatic heterocycles. The highest BCUT2D eigenvalue weighted by atomic mass is 16.5. The van der Waals surface area contributed by atoms with E-state index in [1.165, 1.54) is 0 Å². The summed E-state index contributed by atoms with van der Waals surface area (Å²) < 4.78 is 5.48. The zero-order chi connectivity index (χ0) is 19.3. The summed E-state index contributed by atoms with van der Waals surface area (Å²) in [6.07, 6.45) is 1.76. The molecule has 138 valence electrons. The lowest BCUT2D eigenvalue weighted by Crippen LogP contribution is -2.19. The lowest BCUT2D eigenvalue weighted by Gasteiger charge is -2.26. The summed E-state index contributed by atoms with van der Waals surface area (Å²) in [5, 5.41) is 9.48. The van der Waals surface area contributed by atoms with Crippen LogP contribution >= 0.6 is 0 Å². The van der Waals surface area contributed by atoms with Gasteiger partial charge in [-0.15, -0.1) is 0 Å². The number of carbonyl (C=O) groups excluding carboxylic acids is 1. The minimum absolute atomic E-state index is 0.162. The molecule has 0 bridgehead atoms. The van der Waals surface area contributed by atoms with Crippen LogP contribution in [0.25, 0.3) is 0 Å². The van der Waals surface area contributed by atoms with Gasteiger partial charge >= 0.3 is 5.97 Å². The highest BCUT2D eigenvalue weighted by Gasteiger charge is 2.23. The van der Waals surface area contributed by atoms with Crippen molar-refractivity contribution in [2.24, 2.45) is 5.92 Å². The molecule has 0 unspecified atom stereocenters. The monoisotopic (exact) mass is 352 g/mol. The van der Waals surface area contributed by atoms with E-state index >= 15 is 0 Å². The van der Waals surface area contributed by atoms with E-state index in [2.05, 4.69) is 20.4 Å². The molecule has 26 heavy (non-hydrogen) atoms. The fraction of sp³-hybridized carbons (Fsp3) is 0.348. The van der Waals surface area contributed by atoms with Gasteiger partial charge in [0.2, 0.25) is 0 Å². The predicted octanol–water partition coefficient (Wildman–Crippen LogP) is 5.62. The Morgan fingerprint density at radius 2 is 1.46 bits per heavy atom. The summed E-state index contributed by atoms with van der Waals surface area (Å²) in [6, 6.07) is 14.8. The van der Waals surface area contributed by atoms with Gasteiger partial charge in [-0.1, -0.05) is 58.5 Å². The summed E-state index contributed by atoms with van der Waals surface area (Å²) in [5.41, 5.74) is 2.50. The van der Waals surface area contributed by atoms with Crippen LogP contribution in [0.3, 0.4) is 0 Å². The van der Waals surface area contributed by atoms with Gasteiger partial charge in [0.05, 0.1) is 0 Å². The lowest BCUT2D eigenvalue weighted by atomic mass is 9.78. The normalized spacial score (nSPS) is 11.4. The van der Waals surface area contributed by atoms with Crippen LogP contribution in [0.5, 0.6) is 11.5 Å². The van der Waals surface area contributed by atoms with Crippen molar-refractivity contribution in [2.75, 3.05) is 0 Å². The van der Waals surface area contributed by atoms with Crippen molar-refractivity contribution in [1.29, 1.82) is 0 Å². The number of rotatable bonds is 7. The summed E-state index contributed by atoms with van der Waals surface area (Å²) >= 11 is 0. The molecule has 2 aromatic rings. The van der Waals surface area contributed by atoms with Gasteiger partial charge in [0.25, 0.3) is 0 Å². The van der Waals surface area contributed by atoms with Crippen LogP contribution in [0.15, 0.2) is 60.7 Å². The van der Waals surface area contributed by atoms with E-state index in [1.54, 1.807) is 12.1 Å². The molecular formula is C23H28O3. The summed E-state index contributed by atoms with van der Waals surface area (Å²) in [4.78, 5) is 12.3. The smallest absolute Gasteiger partial charge is 0.339 e. The molecule has 3 nitrogen and oxygen atoms in total. The molecule has 0 amide bonds. The fourth-order valence-electron chi connectivity index (χ4n) is 3.11. The zero-order valence-corrected chi connectivity index (χ0v) is 16.1. The largest absolute Gasteiger partial charge is 0.508 e. The number of phenolic OH excluding ortho intramolecular Hbond substituents is 1. The molecule has 3 heteroatoms. The van der Waals surface area contributed by atoms with Crippen LogP contribution in [-0.4, -0.2) is 11.1 Å². The highest BCUT2D eigenvalue weighted by molar-refractivity contribution is 5.90. The van der Waals surface area contributed by atoms with E-state index in [4.69, 9.17) is 4.74 Å². The molecule has 0 aliphatic carbocycles. The van der Waals surface area contributed by atoms with Crippen LogP contribution in [0, 0.1) is 5.92 Å². The van der Waals surface area contributed by atoms with Gasteiger partial charge in [0.15, 0.2) is 0 Å². The molecule has 0 fully saturated rings. The molecule has 0 radical (unpaired) electrons. The summed E-state index contributed by atoms with van der Waals surface area (Å²) in [5.74, 6) is 0.580. The Bertz CT molecular complexity index is 751. The summed E-state index contributed by atoms with van der Waals surface area (Å²) in [7, 11) is 0. The molecule has 1 N–H and O–H groups in total. The molecule has 0 aliphatic rings. The van der Waals surface area contributed by atoms with Crippen molar-refractivity contribution in [2.45, 2.75) is 46.0 Å². The van der Waals surface area contributed by atoms with Crippen molar-refractivity contribution < 1.29 is 14.6 Å². The average Bonchev–Trinajstić information content (AvgIpc) is 2.63. The van der Waals surface area contributed by atoms with Crippen molar-refractivity contribution >= 4 is 5.97 Å². The Balaban J connectivity index is 2.14. The van der Waals surface area contributed by atoms with Gasteiger partial charge in [-0.25, -0.2) is 4.79 Å².